The number of nitrogens with one attached hydrogen (secondary N) is 1. The number of aryl methyl sites for hydroxylation is 2. The van der Waals surface area contributed by atoms with Crippen LogP contribution in [0.3, 0.4) is 0 Å². The molecule has 4 nitrogen and oxygen atoms in total. The predicted molar refractivity (Wildman–Crippen MR) is 106 cm³/mol. The van der Waals surface area contributed by atoms with Crippen molar-refractivity contribution in [3.63, 3.8) is 0 Å². The zero-order chi connectivity index (χ0) is 21.3. The molecule has 2 aromatic carbocycles. The summed E-state index contributed by atoms with van der Waals surface area (Å²) in [5.41, 5.74) is 3.41. The summed E-state index contributed by atoms with van der Waals surface area (Å²) in [4.78, 5) is 12.4. The average Bonchev–Trinajstić information content (AvgIpc) is 3.02. The van der Waals surface area contributed by atoms with Crippen LogP contribution in [0.2, 0.25) is 0 Å². The Bertz CT molecular complexity index is 1090. The highest BCUT2D eigenvalue weighted by Gasteiger charge is 2.30. The largest absolute Gasteiger partial charge is 0.496 e. The summed E-state index contributed by atoms with van der Waals surface area (Å²) in [5.74, 6) is 0.147. The second-order valence-corrected chi connectivity index (χ2v) is 6.77. The Kier molecular flexibility index (Phi) is 5.42. The fourth-order valence-corrected chi connectivity index (χ4v) is 3.19. The molecule has 0 radical (unpaired) electrons. The number of rotatable bonds is 4. The molecule has 1 heterocycles. The second kappa shape index (κ2) is 7.66. The van der Waals surface area contributed by atoms with Crippen molar-refractivity contribution in [2.45, 2.75) is 26.9 Å². The number of allylic oxidation sites excluding steroid dienone is 1. The van der Waals surface area contributed by atoms with Gasteiger partial charge in [0.25, 0.3) is 0 Å². The van der Waals surface area contributed by atoms with Gasteiger partial charge in [-0.15, -0.1) is 0 Å². The lowest BCUT2D eigenvalue weighted by Crippen LogP contribution is -2.10. The molecular formula is C22H20F3NO3. The number of fused-ring (bicyclic) bond motifs is 1. The number of carbonyl (C=O) groups is 1. The smallest absolute Gasteiger partial charge is 0.416 e. The average molecular weight is 403 g/mol. The van der Waals surface area contributed by atoms with Crippen molar-refractivity contribution in [1.82, 2.24) is 0 Å². The van der Waals surface area contributed by atoms with Crippen LogP contribution in [0.25, 0.3) is 16.5 Å². The highest BCUT2D eigenvalue weighted by molar-refractivity contribution is 6.05. The van der Waals surface area contributed by atoms with Gasteiger partial charge in [0.05, 0.1) is 18.9 Å². The van der Waals surface area contributed by atoms with Crippen LogP contribution in [0.1, 0.15) is 29.2 Å². The first kappa shape index (κ1) is 20.5. The highest BCUT2D eigenvalue weighted by atomic mass is 19.4. The number of alkyl halides is 3. The summed E-state index contributed by atoms with van der Waals surface area (Å²) in [7, 11) is 1.54. The van der Waals surface area contributed by atoms with Crippen LogP contribution in [0.5, 0.6) is 5.75 Å². The maximum atomic E-state index is 12.6. The van der Waals surface area contributed by atoms with E-state index in [4.69, 9.17) is 9.15 Å². The maximum Gasteiger partial charge on any atom is 0.416 e. The summed E-state index contributed by atoms with van der Waals surface area (Å²) in [6, 6.07) is 6.19. The molecule has 0 aliphatic carbocycles. The molecule has 3 rings (SSSR count). The molecule has 1 aromatic heterocycles. The van der Waals surface area contributed by atoms with E-state index < -0.39 is 17.6 Å². The molecular weight excluding hydrogens is 383 g/mol. The molecule has 0 bridgehead atoms. The number of carbonyl (C=O) groups excluding carboxylic acids is 1. The third-order valence-electron chi connectivity index (χ3n) is 4.69. The molecule has 7 heteroatoms. The predicted octanol–water partition coefficient (Wildman–Crippen LogP) is 6.12. The molecule has 0 aliphatic heterocycles. The van der Waals surface area contributed by atoms with Crippen LogP contribution < -0.4 is 10.1 Å². The Labute approximate surface area is 166 Å². The van der Waals surface area contributed by atoms with Gasteiger partial charge in [0, 0.05) is 28.3 Å². The SMILES string of the molecule is COc1c(/C(C)=C/C(=O)Nc2ccc(C(F)(F)F)cc2)cc2c(C)coc2c1C. The summed E-state index contributed by atoms with van der Waals surface area (Å²) >= 11 is 0. The minimum atomic E-state index is -4.42. The summed E-state index contributed by atoms with van der Waals surface area (Å²) in [5, 5.41) is 3.50. The molecule has 0 atom stereocenters. The fraction of sp³-hybridized carbons (Fsp3) is 0.227. The number of hydrogen-bond acceptors (Lipinski definition) is 3. The summed E-state index contributed by atoms with van der Waals surface area (Å²) in [6.07, 6.45) is -1.37. The first-order valence-electron chi connectivity index (χ1n) is 8.84. The van der Waals surface area contributed by atoms with Crippen LogP contribution in [0.15, 0.2) is 47.1 Å². The van der Waals surface area contributed by atoms with Crippen LogP contribution >= 0.6 is 0 Å². The number of amides is 1. The quantitative estimate of drug-likeness (QED) is 0.534. The standard InChI is InChI=1S/C22H20F3NO3/c1-12(9-19(27)26-16-7-5-15(6-8-16)22(23,24)25)17-10-18-13(2)11-29-21(18)14(3)20(17)28-4/h5-11H,1-4H3,(H,26,27)/b12-9+. The third kappa shape index (κ3) is 4.13. The van der Waals surface area contributed by atoms with Crippen LogP contribution in [0.4, 0.5) is 18.9 Å². The van der Waals surface area contributed by atoms with Crippen LogP contribution in [0, 0.1) is 13.8 Å². The van der Waals surface area contributed by atoms with E-state index in [1.807, 2.05) is 19.9 Å². The molecule has 0 saturated heterocycles. The third-order valence-corrected chi connectivity index (χ3v) is 4.69. The summed E-state index contributed by atoms with van der Waals surface area (Å²) < 4.78 is 49.1. The Morgan fingerprint density at radius 3 is 2.41 bits per heavy atom. The number of benzene rings is 2. The van der Waals surface area contributed by atoms with Crippen molar-refractivity contribution in [1.29, 1.82) is 0 Å². The first-order chi connectivity index (χ1) is 13.6. The lowest BCUT2D eigenvalue weighted by Gasteiger charge is -2.13. The van der Waals surface area contributed by atoms with Crippen LogP contribution in [-0.2, 0) is 11.0 Å². The Morgan fingerprint density at radius 2 is 1.83 bits per heavy atom. The normalized spacial score (nSPS) is 12.3. The van der Waals surface area contributed by atoms with Gasteiger partial charge in [-0.1, -0.05) is 0 Å². The van der Waals surface area contributed by atoms with Crippen molar-refractivity contribution in [2.24, 2.45) is 0 Å². The Morgan fingerprint density at radius 1 is 1.17 bits per heavy atom. The molecule has 0 fully saturated rings. The van der Waals surface area contributed by atoms with Gasteiger partial charge in [-0.05, 0) is 62.2 Å². The topological polar surface area (TPSA) is 51.5 Å². The van der Waals surface area contributed by atoms with Gasteiger partial charge < -0.3 is 14.5 Å². The number of anilines is 1. The van der Waals surface area contributed by atoms with Gasteiger partial charge >= 0.3 is 6.18 Å². The number of hydrogen-bond donors (Lipinski definition) is 1. The molecule has 152 valence electrons. The monoisotopic (exact) mass is 403 g/mol. The first-order valence-corrected chi connectivity index (χ1v) is 8.84. The van der Waals surface area contributed by atoms with E-state index in [0.717, 1.165) is 39.8 Å². The Hall–Kier alpha value is -3.22. The second-order valence-electron chi connectivity index (χ2n) is 6.77. The van der Waals surface area contributed by atoms with Crippen molar-refractivity contribution < 1.29 is 27.1 Å². The fourth-order valence-electron chi connectivity index (χ4n) is 3.19. The van der Waals surface area contributed by atoms with Gasteiger partial charge in [-0.3, -0.25) is 4.79 Å². The van der Waals surface area contributed by atoms with Gasteiger partial charge in [0.2, 0.25) is 5.91 Å². The van der Waals surface area contributed by atoms with Gasteiger partial charge in [-0.2, -0.15) is 13.2 Å². The lowest BCUT2D eigenvalue weighted by molar-refractivity contribution is -0.137. The number of methoxy groups -OCH3 is 1. The molecule has 1 amide bonds. The molecule has 1 N–H and O–H groups in total. The summed E-state index contributed by atoms with van der Waals surface area (Å²) in [6.45, 7) is 5.58. The molecule has 0 aliphatic rings. The number of ether oxygens (including phenoxy) is 1. The van der Waals surface area contributed by atoms with Crippen molar-refractivity contribution in [3.05, 3.63) is 64.9 Å². The van der Waals surface area contributed by atoms with E-state index >= 15 is 0 Å². The van der Waals surface area contributed by atoms with E-state index in [9.17, 15) is 18.0 Å². The Balaban J connectivity index is 1.89. The molecule has 3 aromatic rings. The van der Waals surface area contributed by atoms with E-state index in [-0.39, 0.29) is 5.69 Å². The minimum Gasteiger partial charge on any atom is -0.496 e. The van der Waals surface area contributed by atoms with Crippen molar-refractivity contribution in [3.8, 4) is 5.75 Å². The lowest BCUT2D eigenvalue weighted by atomic mass is 9.98. The van der Waals surface area contributed by atoms with E-state index in [1.54, 1.807) is 20.3 Å². The zero-order valence-corrected chi connectivity index (χ0v) is 16.4. The van der Waals surface area contributed by atoms with Gasteiger partial charge in [0.15, 0.2) is 0 Å². The van der Waals surface area contributed by atoms with Gasteiger partial charge in [-0.25, -0.2) is 0 Å². The van der Waals surface area contributed by atoms with Crippen molar-refractivity contribution in [2.75, 3.05) is 12.4 Å². The molecule has 29 heavy (non-hydrogen) atoms. The van der Waals surface area contributed by atoms with E-state index in [2.05, 4.69) is 5.32 Å². The van der Waals surface area contributed by atoms with Crippen molar-refractivity contribution >= 4 is 28.1 Å². The number of halogens is 3. The van der Waals surface area contributed by atoms with Gasteiger partial charge in [0.1, 0.15) is 11.3 Å². The van der Waals surface area contributed by atoms with E-state index in [1.165, 1.54) is 18.2 Å². The van der Waals surface area contributed by atoms with Crippen LogP contribution in [-0.4, -0.2) is 13.0 Å². The van der Waals surface area contributed by atoms with E-state index in [0.29, 0.717) is 11.3 Å². The molecule has 0 spiro atoms. The molecule has 0 unspecified atom stereocenters. The zero-order valence-electron chi connectivity index (χ0n) is 16.4. The maximum absolute atomic E-state index is 12.6. The minimum absolute atomic E-state index is 0.274. The molecule has 0 saturated carbocycles. The highest BCUT2D eigenvalue weighted by Crippen LogP contribution is 2.37. The number of furan rings is 1.